The Hall–Kier alpha value is -2.44. The molecule has 0 saturated heterocycles. The highest BCUT2D eigenvalue weighted by Gasteiger charge is 2.16. The van der Waals surface area contributed by atoms with Crippen molar-refractivity contribution in [2.24, 2.45) is 0 Å². The number of halogens is 1. The number of rotatable bonds is 10. The first-order valence-corrected chi connectivity index (χ1v) is 8.34. The molecule has 0 spiro atoms. The van der Waals surface area contributed by atoms with E-state index in [9.17, 15) is 18.8 Å². The Labute approximate surface area is 147 Å². The second kappa shape index (κ2) is 11.2. The highest BCUT2D eigenvalue weighted by atomic mass is 19.1. The zero-order valence-electron chi connectivity index (χ0n) is 14.7. The van der Waals surface area contributed by atoms with E-state index < -0.39 is 0 Å². The van der Waals surface area contributed by atoms with Crippen LogP contribution < -0.4 is 5.32 Å². The summed E-state index contributed by atoms with van der Waals surface area (Å²) in [6.45, 7) is 4.57. The molecular formula is C18H25FN2O4. The largest absolute Gasteiger partial charge is 0.466 e. The first-order valence-electron chi connectivity index (χ1n) is 8.34. The van der Waals surface area contributed by atoms with Crippen molar-refractivity contribution in [2.45, 2.75) is 33.1 Å². The third-order valence-corrected chi connectivity index (χ3v) is 3.49. The molecule has 1 aromatic carbocycles. The normalized spacial score (nSPS) is 10.2. The van der Waals surface area contributed by atoms with Gasteiger partial charge in [0.1, 0.15) is 5.82 Å². The van der Waals surface area contributed by atoms with Crippen LogP contribution in [0.5, 0.6) is 0 Å². The van der Waals surface area contributed by atoms with Crippen molar-refractivity contribution in [2.75, 3.05) is 26.2 Å². The van der Waals surface area contributed by atoms with Gasteiger partial charge in [-0.15, -0.1) is 0 Å². The van der Waals surface area contributed by atoms with Gasteiger partial charge in [-0.3, -0.25) is 14.4 Å². The van der Waals surface area contributed by atoms with Gasteiger partial charge in [0, 0.05) is 26.6 Å². The van der Waals surface area contributed by atoms with E-state index in [1.807, 2.05) is 0 Å². The lowest BCUT2D eigenvalue weighted by molar-refractivity contribution is -0.144. The molecule has 0 saturated carbocycles. The van der Waals surface area contributed by atoms with Gasteiger partial charge < -0.3 is 15.0 Å². The zero-order valence-corrected chi connectivity index (χ0v) is 14.7. The van der Waals surface area contributed by atoms with Crippen LogP contribution >= 0.6 is 0 Å². The van der Waals surface area contributed by atoms with Gasteiger partial charge in [-0.05, 0) is 31.0 Å². The maximum Gasteiger partial charge on any atom is 0.307 e. The number of amides is 2. The lowest BCUT2D eigenvalue weighted by Crippen LogP contribution is -2.36. The topological polar surface area (TPSA) is 75.7 Å². The predicted molar refractivity (Wildman–Crippen MR) is 91.2 cm³/mol. The highest BCUT2D eigenvalue weighted by Crippen LogP contribution is 2.07. The van der Waals surface area contributed by atoms with Crippen molar-refractivity contribution < 1.29 is 23.5 Å². The minimum atomic E-state index is -0.357. The Morgan fingerprint density at radius 2 is 1.84 bits per heavy atom. The molecule has 0 fully saturated rings. The highest BCUT2D eigenvalue weighted by molar-refractivity contribution is 5.79. The van der Waals surface area contributed by atoms with Crippen molar-refractivity contribution in [3.8, 4) is 0 Å². The first-order chi connectivity index (χ1) is 11.9. The van der Waals surface area contributed by atoms with Gasteiger partial charge in [-0.25, -0.2) is 4.39 Å². The number of hydrogen-bond donors (Lipinski definition) is 1. The van der Waals surface area contributed by atoms with Crippen LogP contribution in [-0.4, -0.2) is 48.9 Å². The lowest BCUT2D eigenvalue weighted by Gasteiger charge is -2.22. The fourth-order valence-electron chi connectivity index (χ4n) is 2.24. The molecule has 1 rings (SSSR count). The zero-order chi connectivity index (χ0) is 18.7. The maximum atomic E-state index is 13.0. The molecule has 0 aliphatic heterocycles. The van der Waals surface area contributed by atoms with Gasteiger partial charge in [0.2, 0.25) is 11.8 Å². The molecule has 0 aromatic heterocycles. The standard InChI is InChI=1S/C18H25FN2O4/c1-3-25-18(24)9-12-21(11-4-10-20-14(2)22)17(23)13-15-5-7-16(19)8-6-15/h5-8H,3-4,9-13H2,1-2H3,(H,20,22). The molecule has 138 valence electrons. The molecule has 0 heterocycles. The molecule has 7 heteroatoms. The molecule has 0 unspecified atom stereocenters. The molecule has 6 nitrogen and oxygen atoms in total. The molecule has 25 heavy (non-hydrogen) atoms. The van der Waals surface area contributed by atoms with Crippen molar-refractivity contribution in [3.05, 3.63) is 35.6 Å². The summed E-state index contributed by atoms with van der Waals surface area (Å²) < 4.78 is 17.8. The van der Waals surface area contributed by atoms with E-state index in [-0.39, 0.29) is 43.0 Å². The third-order valence-electron chi connectivity index (χ3n) is 3.49. The minimum absolute atomic E-state index is 0.114. The Morgan fingerprint density at radius 1 is 1.16 bits per heavy atom. The van der Waals surface area contributed by atoms with E-state index in [4.69, 9.17) is 4.74 Å². The first kappa shape index (κ1) is 20.6. The Bertz CT molecular complexity index is 575. The number of nitrogens with zero attached hydrogens (tertiary/aromatic N) is 1. The quantitative estimate of drug-likeness (QED) is 0.513. The number of esters is 1. The van der Waals surface area contributed by atoms with Crippen molar-refractivity contribution >= 4 is 17.8 Å². The number of carbonyl (C=O) groups excluding carboxylic acids is 3. The molecule has 1 aromatic rings. The number of nitrogens with one attached hydrogen (secondary N) is 1. The van der Waals surface area contributed by atoms with Crippen LogP contribution in [0.25, 0.3) is 0 Å². The molecule has 2 amide bonds. The number of carbonyl (C=O) groups is 3. The molecule has 0 bridgehead atoms. The molecule has 0 radical (unpaired) electrons. The summed E-state index contributed by atoms with van der Waals surface area (Å²) in [5.41, 5.74) is 0.703. The van der Waals surface area contributed by atoms with Gasteiger partial charge >= 0.3 is 5.97 Å². The number of hydrogen-bond acceptors (Lipinski definition) is 4. The fraction of sp³-hybridized carbons (Fsp3) is 0.500. The second-order valence-electron chi connectivity index (χ2n) is 5.58. The van der Waals surface area contributed by atoms with E-state index in [0.717, 1.165) is 0 Å². The number of benzene rings is 1. The monoisotopic (exact) mass is 352 g/mol. The summed E-state index contributed by atoms with van der Waals surface area (Å²) in [7, 11) is 0. The summed E-state index contributed by atoms with van der Waals surface area (Å²) in [5.74, 6) is -0.996. The third kappa shape index (κ3) is 8.83. The van der Waals surface area contributed by atoms with Gasteiger partial charge in [0.15, 0.2) is 0 Å². The average Bonchev–Trinajstić information content (AvgIpc) is 2.56. The minimum Gasteiger partial charge on any atom is -0.466 e. The number of ether oxygens (including phenoxy) is 1. The second-order valence-corrected chi connectivity index (χ2v) is 5.58. The van der Waals surface area contributed by atoms with E-state index in [1.165, 1.54) is 19.1 Å². The fourth-order valence-corrected chi connectivity index (χ4v) is 2.24. The van der Waals surface area contributed by atoms with Crippen LogP contribution in [0.4, 0.5) is 4.39 Å². The maximum absolute atomic E-state index is 13.0. The van der Waals surface area contributed by atoms with Crippen molar-refractivity contribution in [1.82, 2.24) is 10.2 Å². The Balaban J connectivity index is 2.60. The van der Waals surface area contributed by atoms with Crippen LogP contribution in [0.1, 0.15) is 32.3 Å². The molecule has 0 aliphatic carbocycles. The molecule has 1 N–H and O–H groups in total. The Kier molecular flexibility index (Phi) is 9.21. The molecule has 0 aliphatic rings. The van der Waals surface area contributed by atoms with Crippen LogP contribution in [-0.2, 0) is 25.5 Å². The molecular weight excluding hydrogens is 327 g/mol. The summed E-state index contributed by atoms with van der Waals surface area (Å²) in [5, 5.41) is 2.67. The summed E-state index contributed by atoms with van der Waals surface area (Å²) >= 11 is 0. The van der Waals surface area contributed by atoms with Crippen LogP contribution in [0.2, 0.25) is 0 Å². The van der Waals surface area contributed by atoms with E-state index in [2.05, 4.69) is 5.32 Å². The average molecular weight is 352 g/mol. The summed E-state index contributed by atoms with van der Waals surface area (Å²) in [6, 6.07) is 5.74. The molecule has 0 atom stereocenters. The lowest BCUT2D eigenvalue weighted by atomic mass is 10.1. The van der Waals surface area contributed by atoms with Gasteiger partial charge in [-0.2, -0.15) is 0 Å². The Morgan fingerprint density at radius 3 is 2.44 bits per heavy atom. The SMILES string of the molecule is CCOC(=O)CCN(CCCNC(C)=O)C(=O)Cc1ccc(F)cc1. The van der Waals surface area contributed by atoms with E-state index >= 15 is 0 Å². The van der Waals surface area contributed by atoms with Gasteiger partial charge in [0.05, 0.1) is 19.4 Å². The summed E-state index contributed by atoms with van der Waals surface area (Å²) in [4.78, 5) is 36.5. The van der Waals surface area contributed by atoms with E-state index in [0.29, 0.717) is 31.7 Å². The van der Waals surface area contributed by atoms with Crippen molar-refractivity contribution in [3.63, 3.8) is 0 Å². The van der Waals surface area contributed by atoms with E-state index in [1.54, 1.807) is 24.0 Å². The van der Waals surface area contributed by atoms with Crippen LogP contribution in [0, 0.1) is 5.82 Å². The smallest absolute Gasteiger partial charge is 0.307 e. The van der Waals surface area contributed by atoms with Crippen LogP contribution in [0.3, 0.4) is 0 Å². The van der Waals surface area contributed by atoms with Crippen LogP contribution in [0.15, 0.2) is 24.3 Å². The summed E-state index contributed by atoms with van der Waals surface area (Å²) in [6.07, 6.45) is 0.823. The predicted octanol–water partition coefficient (Wildman–Crippen LogP) is 1.68. The van der Waals surface area contributed by atoms with Crippen molar-refractivity contribution in [1.29, 1.82) is 0 Å². The van der Waals surface area contributed by atoms with Gasteiger partial charge in [-0.1, -0.05) is 12.1 Å². The van der Waals surface area contributed by atoms with Gasteiger partial charge in [0.25, 0.3) is 0 Å².